The number of urea groups is 1. The SMILES string of the molecule is O=C(CN(C(=O)Nc1ccccc1)c1cccnc1)NC1CC1. The van der Waals surface area contributed by atoms with Gasteiger partial charge in [0.25, 0.3) is 0 Å². The highest BCUT2D eigenvalue weighted by atomic mass is 16.2. The van der Waals surface area contributed by atoms with Crippen molar-refractivity contribution >= 4 is 23.3 Å². The molecule has 1 fully saturated rings. The lowest BCUT2D eigenvalue weighted by Gasteiger charge is -2.22. The molecule has 1 heterocycles. The first-order valence-electron chi connectivity index (χ1n) is 7.55. The fraction of sp³-hybridized carbons (Fsp3) is 0.235. The summed E-state index contributed by atoms with van der Waals surface area (Å²) in [5.74, 6) is -0.167. The number of nitrogens with one attached hydrogen (secondary N) is 2. The minimum absolute atomic E-state index is 0.0408. The van der Waals surface area contributed by atoms with Gasteiger partial charge < -0.3 is 10.6 Å². The molecule has 2 aromatic rings. The summed E-state index contributed by atoms with van der Waals surface area (Å²) in [5.41, 5.74) is 1.25. The number of pyridine rings is 1. The van der Waals surface area contributed by atoms with Gasteiger partial charge in [-0.15, -0.1) is 0 Å². The topological polar surface area (TPSA) is 74.3 Å². The third-order valence-electron chi connectivity index (χ3n) is 3.47. The van der Waals surface area contributed by atoms with E-state index in [2.05, 4.69) is 15.6 Å². The first-order valence-corrected chi connectivity index (χ1v) is 7.55. The Balaban J connectivity index is 1.73. The normalized spacial score (nSPS) is 13.2. The molecule has 23 heavy (non-hydrogen) atoms. The number of para-hydroxylation sites is 1. The Bertz CT molecular complexity index is 672. The Hall–Kier alpha value is -2.89. The van der Waals surface area contributed by atoms with E-state index in [1.807, 2.05) is 18.2 Å². The number of benzene rings is 1. The molecule has 3 rings (SSSR count). The van der Waals surface area contributed by atoms with Crippen molar-refractivity contribution in [2.45, 2.75) is 18.9 Å². The second-order valence-corrected chi connectivity index (χ2v) is 5.44. The van der Waals surface area contributed by atoms with E-state index in [0.717, 1.165) is 12.8 Å². The number of carbonyl (C=O) groups is 2. The number of nitrogens with zero attached hydrogens (tertiary/aromatic N) is 2. The van der Waals surface area contributed by atoms with Crippen molar-refractivity contribution in [3.63, 3.8) is 0 Å². The second kappa shape index (κ2) is 6.91. The maximum absolute atomic E-state index is 12.6. The van der Waals surface area contributed by atoms with Crippen LogP contribution in [0.4, 0.5) is 16.2 Å². The van der Waals surface area contributed by atoms with Crippen LogP contribution < -0.4 is 15.5 Å². The van der Waals surface area contributed by atoms with Crippen LogP contribution >= 0.6 is 0 Å². The van der Waals surface area contributed by atoms with Gasteiger partial charge in [0, 0.05) is 17.9 Å². The van der Waals surface area contributed by atoms with E-state index in [-0.39, 0.29) is 24.5 Å². The van der Waals surface area contributed by atoms with Crippen LogP contribution in [0.1, 0.15) is 12.8 Å². The molecule has 6 heteroatoms. The second-order valence-electron chi connectivity index (χ2n) is 5.44. The summed E-state index contributed by atoms with van der Waals surface area (Å²) in [4.78, 5) is 30.0. The van der Waals surface area contributed by atoms with Crippen molar-refractivity contribution in [3.8, 4) is 0 Å². The van der Waals surface area contributed by atoms with Gasteiger partial charge in [-0.2, -0.15) is 0 Å². The monoisotopic (exact) mass is 310 g/mol. The van der Waals surface area contributed by atoms with Crippen LogP contribution in [0, 0.1) is 0 Å². The Kier molecular flexibility index (Phi) is 4.52. The Morgan fingerprint density at radius 2 is 1.91 bits per heavy atom. The van der Waals surface area contributed by atoms with E-state index in [0.29, 0.717) is 11.4 Å². The number of carbonyl (C=O) groups excluding carboxylic acids is 2. The highest BCUT2D eigenvalue weighted by Crippen LogP contribution is 2.19. The van der Waals surface area contributed by atoms with Gasteiger partial charge in [-0.25, -0.2) is 4.79 Å². The van der Waals surface area contributed by atoms with Crippen LogP contribution in [0.5, 0.6) is 0 Å². The molecule has 1 aromatic heterocycles. The zero-order valence-corrected chi connectivity index (χ0v) is 12.6. The molecule has 0 bridgehead atoms. The highest BCUT2D eigenvalue weighted by molar-refractivity contribution is 6.04. The molecule has 1 aliphatic rings. The van der Waals surface area contributed by atoms with Crippen LogP contribution in [0.2, 0.25) is 0 Å². The number of hydrogen-bond acceptors (Lipinski definition) is 3. The summed E-state index contributed by atoms with van der Waals surface area (Å²) in [7, 11) is 0. The van der Waals surface area contributed by atoms with Gasteiger partial charge >= 0.3 is 6.03 Å². The molecule has 0 spiro atoms. The summed E-state index contributed by atoms with van der Waals surface area (Å²) in [5, 5.41) is 5.69. The zero-order chi connectivity index (χ0) is 16.1. The molecule has 0 atom stereocenters. The van der Waals surface area contributed by atoms with Gasteiger partial charge in [0.2, 0.25) is 5.91 Å². The summed E-state index contributed by atoms with van der Waals surface area (Å²) < 4.78 is 0. The molecule has 1 aliphatic carbocycles. The van der Waals surface area contributed by atoms with Crippen LogP contribution in [-0.2, 0) is 4.79 Å². The quantitative estimate of drug-likeness (QED) is 0.890. The summed E-state index contributed by atoms with van der Waals surface area (Å²) in [6.45, 7) is -0.0408. The maximum Gasteiger partial charge on any atom is 0.326 e. The van der Waals surface area contributed by atoms with Crippen molar-refractivity contribution in [1.82, 2.24) is 10.3 Å². The van der Waals surface area contributed by atoms with Crippen LogP contribution in [0.3, 0.4) is 0 Å². The minimum Gasteiger partial charge on any atom is -0.352 e. The number of amides is 3. The molecular formula is C17H18N4O2. The molecule has 1 saturated carbocycles. The standard InChI is InChI=1S/C17H18N4O2/c22-16(19-14-8-9-14)12-21(15-7-4-10-18-11-15)17(23)20-13-5-2-1-3-6-13/h1-7,10-11,14H,8-9,12H2,(H,19,22)(H,20,23). The van der Waals surface area contributed by atoms with E-state index in [1.54, 1.807) is 36.7 Å². The smallest absolute Gasteiger partial charge is 0.326 e. The first kappa shape index (κ1) is 15.0. The third-order valence-corrected chi connectivity index (χ3v) is 3.47. The predicted molar refractivity (Wildman–Crippen MR) is 88.2 cm³/mol. The lowest BCUT2D eigenvalue weighted by Crippen LogP contribution is -2.43. The number of aromatic nitrogens is 1. The van der Waals surface area contributed by atoms with Gasteiger partial charge in [-0.1, -0.05) is 18.2 Å². The molecule has 118 valence electrons. The fourth-order valence-corrected chi connectivity index (χ4v) is 2.15. The molecule has 0 unspecified atom stereocenters. The number of anilines is 2. The lowest BCUT2D eigenvalue weighted by atomic mass is 10.3. The van der Waals surface area contributed by atoms with Crippen molar-refractivity contribution in [3.05, 3.63) is 54.9 Å². The number of hydrogen-bond donors (Lipinski definition) is 2. The minimum atomic E-state index is -0.366. The molecule has 0 saturated heterocycles. The van der Waals surface area contributed by atoms with Gasteiger partial charge in [0.05, 0.1) is 11.9 Å². The third kappa shape index (κ3) is 4.29. The predicted octanol–water partition coefficient (Wildman–Crippen LogP) is 2.40. The van der Waals surface area contributed by atoms with Crippen LogP contribution in [0.15, 0.2) is 54.9 Å². The van der Waals surface area contributed by atoms with Crippen molar-refractivity contribution in [1.29, 1.82) is 0 Å². The van der Waals surface area contributed by atoms with Crippen molar-refractivity contribution in [2.24, 2.45) is 0 Å². The first-order chi connectivity index (χ1) is 11.2. The Morgan fingerprint density at radius 1 is 1.13 bits per heavy atom. The molecule has 3 amide bonds. The van der Waals surface area contributed by atoms with Crippen molar-refractivity contribution in [2.75, 3.05) is 16.8 Å². The van der Waals surface area contributed by atoms with E-state index in [9.17, 15) is 9.59 Å². The molecule has 6 nitrogen and oxygen atoms in total. The van der Waals surface area contributed by atoms with E-state index >= 15 is 0 Å². The molecule has 2 N–H and O–H groups in total. The molecule has 0 radical (unpaired) electrons. The van der Waals surface area contributed by atoms with Gasteiger partial charge in [0.15, 0.2) is 0 Å². The summed E-state index contributed by atoms with van der Waals surface area (Å²) >= 11 is 0. The van der Waals surface area contributed by atoms with Gasteiger partial charge in [-0.3, -0.25) is 14.7 Å². The Labute approximate surface area is 134 Å². The van der Waals surface area contributed by atoms with E-state index in [4.69, 9.17) is 0 Å². The van der Waals surface area contributed by atoms with Gasteiger partial charge in [-0.05, 0) is 37.1 Å². The molecular weight excluding hydrogens is 292 g/mol. The van der Waals surface area contributed by atoms with Crippen molar-refractivity contribution < 1.29 is 9.59 Å². The van der Waals surface area contributed by atoms with E-state index < -0.39 is 0 Å². The average Bonchev–Trinajstić information content (AvgIpc) is 3.38. The molecule has 1 aromatic carbocycles. The van der Waals surface area contributed by atoms with Gasteiger partial charge in [0.1, 0.15) is 6.54 Å². The summed E-state index contributed by atoms with van der Waals surface area (Å²) in [6, 6.07) is 12.5. The maximum atomic E-state index is 12.6. The highest BCUT2D eigenvalue weighted by Gasteiger charge is 2.26. The van der Waals surface area contributed by atoms with E-state index in [1.165, 1.54) is 4.90 Å². The number of rotatable bonds is 5. The van der Waals surface area contributed by atoms with Crippen LogP contribution in [0.25, 0.3) is 0 Å². The zero-order valence-electron chi connectivity index (χ0n) is 12.6. The summed E-state index contributed by atoms with van der Waals surface area (Å²) in [6.07, 6.45) is 5.21. The Morgan fingerprint density at radius 3 is 2.57 bits per heavy atom. The largest absolute Gasteiger partial charge is 0.352 e. The lowest BCUT2D eigenvalue weighted by molar-refractivity contribution is -0.119. The van der Waals surface area contributed by atoms with Crippen LogP contribution in [-0.4, -0.2) is 29.5 Å². The fourth-order valence-electron chi connectivity index (χ4n) is 2.15. The average molecular weight is 310 g/mol. The molecule has 0 aliphatic heterocycles.